The number of likely N-dealkylation sites (tertiary alicyclic amines) is 1. The zero-order chi connectivity index (χ0) is 21.6. The third-order valence-corrected chi connectivity index (χ3v) is 6.32. The van der Waals surface area contributed by atoms with Crippen LogP contribution in [0.4, 0.5) is 4.79 Å². The fourth-order valence-corrected chi connectivity index (χ4v) is 4.54. The third kappa shape index (κ3) is 3.34. The van der Waals surface area contributed by atoms with Crippen molar-refractivity contribution in [2.75, 3.05) is 13.1 Å². The first-order valence-corrected chi connectivity index (χ1v) is 10.3. The number of ether oxygens (including phenoxy) is 1. The fourth-order valence-electron chi connectivity index (χ4n) is 4.54. The van der Waals surface area contributed by atoms with Crippen LogP contribution in [0.1, 0.15) is 50.8 Å². The highest BCUT2D eigenvalue weighted by molar-refractivity contribution is 6.07. The van der Waals surface area contributed by atoms with Crippen LogP contribution in [0.5, 0.6) is 0 Å². The van der Waals surface area contributed by atoms with E-state index in [0.717, 1.165) is 11.1 Å². The average Bonchev–Trinajstić information content (AvgIpc) is 3.06. The molecule has 3 aliphatic heterocycles. The summed E-state index contributed by atoms with van der Waals surface area (Å²) >= 11 is 0. The molecule has 2 aromatic rings. The second-order valence-electron chi connectivity index (χ2n) is 8.16. The van der Waals surface area contributed by atoms with Gasteiger partial charge >= 0.3 is 12.0 Å². The molecule has 2 saturated heterocycles. The normalized spacial score (nSPS) is 21.9. The Morgan fingerprint density at radius 1 is 1.03 bits per heavy atom. The van der Waals surface area contributed by atoms with E-state index in [1.807, 2.05) is 30.3 Å². The van der Waals surface area contributed by atoms with Crippen LogP contribution in [0.2, 0.25) is 0 Å². The van der Waals surface area contributed by atoms with Crippen molar-refractivity contribution in [3.05, 3.63) is 70.8 Å². The molecule has 8 heteroatoms. The van der Waals surface area contributed by atoms with E-state index in [4.69, 9.17) is 4.74 Å². The molecular formula is C23H21N3O5. The number of hydrogen-bond donors (Lipinski definition) is 2. The number of carbonyl (C=O) groups is 4. The predicted octanol–water partition coefficient (Wildman–Crippen LogP) is 1.96. The van der Waals surface area contributed by atoms with Crippen molar-refractivity contribution in [1.82, 2.24) is 15.5 Å². The Bertz CT molecular complexity index is 1090. The molecule has 2 aromatic carbocycles. The summed E-state index contributed by atoms with van der Waals surface area (Å²) in [5, 5.41) is 4.97. The number of nitrogens with one attached hydrogen (secondary N) is 2. The highest BCUT2D eigenvalue weighted by atomic mass is 16.5. The van der Waals surface area contributed by atoms with Crippen molar-refractivity contribution in [3.63, 3.8) is 0 Å². The molecule has 3 heterocycles. The molecule has 0 bridgehead atoms. The Morgan fingerprint density at radius 2 is 1.77 bits per heavy atom. The van der Waals surface area contributed by atoms with Gasteiger partial charge in [0.15, 0.2) is 0 Å². The molecule has 158 valence electrons. The number of hydrogen-bond acceptors (Lipinski definition) is 5. The lowest BCUT2D eigenvalue weighted by Crippen LogP contribution is -2.55. The summed E-state index contributed by atoms with van der Waals surface area (Å²) in [5.41, 5.74) is 1.75. The van der Waals surface area contributed by atoms with Crippen LogP contribution in [-0.4, -0.2) is 47.3 Å². The van der Waals surface area contributed by atoms with E-state index in [1.54, 1.807) is 23.1 Å². The van der Waals surface area contributed by atoms with Gasteiger partial charge in [-0.3, -0.25) is 14.9 Å². The summed E-state index contributed by atoms with van der Waals surface area (Å²) in [5.74, 6) is -0.876. The molecule has 2 fully saturated rings. The zero-order valence-electron chi connectivity index (χ0n) is 16.7. The quantitative estimate of drug-likeness (QED) is 0.572. The van der Waals surface area contributed by atoms with Crippen LogP contribution < -0.4 is 10.6 Å². The first kappa shape index (κ1) is 19.3. The van der Waals surface area contributed by atoms with Crippen molar-refractivity contribution >= 4 is 23.8 Å². The summed E-state index contributed by atoms with van der Waals surface area (Å²) in [7, 11) is 0. The minimum atomic E-state index is -0.920. The summed E-state index contributed by atoms with van der Waals surface area (Å²) in [6.07, 6.45) is 0.848. The lowest BCUT2D eigenvalue weighted by molar-refractivity contribution is -0.125. The van der Waals surface area contributed by atoms with Crippen LogP contribution in [0, 0.1) is 0 Å². The number of amides is 4. The number of fused-ring (bicyclic) bond motifs is 1. The highest BCUT2D eigenvalue weighted by Gasteiger charge is 2.48. The van der Waals surface area contributed by atoms with Crippen molar-refractivity contribution in [2.24, 2.45) is 0 Å². The van der Waals surface area contributed by atoms with Gasteiger partial charge in [-0.15, -0.1) is 0 Å². The molecule has 5 rings (SSSR count). The number of piperidine rings is 1. The van der Waals surface area contributed by atoms with Crippen molar-refractivity contribution < 1.29 is 23.9 Å². The molecule has 4 amide bonds. The third-order valence-electron chi connectivity index (χ3n) is 6.32. The summed E-state index contributed by atoms with van der Waals surface area (Å²) in [4.78, 5) is 50.8. The summed E-state index contributed by atoms with van der Waals surface area (Å²) in [6, 6.07) is 14.1. The van der Waals surface area contributed by atoms with Gasteiger partial charge in [0.05, 0.1) is 5.56 Å². The Morgan fingerprint density at radius 3 is 2.45 bits per heavy atom. The van der Waals surface area contributed by atoms with Gasteiger partial charge in [0.2, 0.25) is 0 Å². The van der Waals surface area contributed by atoms with Crippen LogP contribution in [0.25, 0.3) is 0 Å². The Labute approximate surface area is 178 Å². The highest BCUT2D eigenvalue weighted by Crippen LogP contribution is 2.32. The van der Waals surface area contributed by atoms with E-state index in [-0.39, 0.29) is 17.9 Å². The molecule has 3 aliphatic rings. The second-order valence-corrected chi connectivity index (χ2v) is 8.16. The minimum absolute atomic E-state index is 0.155. The van der Waals surface area contributed by atoms with E-state index in [9.17, 15) is 19.2 Å². The van der Waals surface area contributed by atoms with Gasteiger partial charge in [0.25, 0.3) is 11.8 Å². The number of carbonyl (C=O) groups excluding carboxylic acids is 4. The molecule has 0 aliphatic carbocycles. The summed E-state index contributed by atoms with van der Waals surface area (Å²) < 4.78 is 5.58. The number of rotatable bonds is 2. The average molecular weight is 419 g/mol. The number of imide groups is 1. The van der Waals surface area contributed by atoms with Crippen LogP contribution in [-0.2, 0) is 16.0 Å². The molecule has 1 unspecified atom stereocenters. The maximum absolute atomic E-state index is 13.1. The van der Waals surface area contributed by atoms with E-state index in [1.165, 1.54) is 0 Å². The number of benzene rings is 2. The lowest BCUT2D eigenvalue weighted by atomic mass is 9.87. The molecule has 2 N–H and O–H groups in total. The van der Waals surface area contributed by atoms with E-state index >= 15 is 0 Å². The molecule has 1 spiro atoms. The van der Waals surface area contributed by atoms with Gasteiger partial charge in [-0.2, -0.15) is 0 Å². The van der Waals surface area contributed by atoms with E-state index in [2.05, 4.69) is 10.6 Å². The molecule has 0 saturated carbocycles. The Hall–Kier alpha value is -3.68. The van der Waals surface area contributed by atoms with Crippen LogP contribution in [0.15, 0.2) is 48.5 Å². The number of esters is 1. The van der Waals surface area contributed by atoms with Crippen molar-refractivity contribution in [2.45, 2.75) is 30.9 Å². The zero-order valence-corrected chi connectivity index (χ0v) is 16.7. The van der Waals surface area contributed by atoms with Crippen LogP contribution in [0.3, 0.4) is 0 Å². The minimum Gasteiger partial charge on any atom is -0.454 e. The predicted molar refractivity (Wildman–Crippen MR) is 109 cm³/mol. The van der Waals surface area contributed by atoms with E-state index in [0.29, 0.717) is 43.5 Å². The maximum atomic E-state index is 13.1. The van der Waals surface area contributed by atoms with Gasteiger partial charge in [-0.25, -0.2) is 9.59 Å². The molecule has 0 radical (unpaired) electrons. The molecular weight excluding hydrogens is 398 g/mol. The fraction of sp³-hybridized carbons (Fsp3) is 0.304. The molecule has 0 aromatic heterocycles. The van der Waals surface area contributed by atoms with E-state index < -0.39 is 17.5 Å². The standard InChI is InChI=1S/C23H21N3O5/c27-19(26-10-8-23(9-11-26)21(29)24-22(30)25-23)15-6-7-17-16(12-15)13-18(31-20(17)28)14-4-2-1-3-5-14/h1-7,12,18H,8-11,13H2,(H2,24,25,29,30). The Balaban J connectivity index is 1.33. The van der Waals surface area contributed by atoms with Gasteiger partial charge in [-0.1, -0.05) is 30.3 Å². The van der Waals surface area contributed by atoms with Gasteiger partial charge < -0.3 is 15.0 Å². The molecule has 1 atom stereocenters. The molecule has 31 heavy (non-hydrogen) atoms. The Kier molecular flexibility index (Phi) is 4.50. The van der Waals surface area contributed by atoms with Crippen molar-refractivity contribution in [1.29, 1.82) is 0 Å². The van der Waals surface area contributed by atoms with Gasteiger partial charge in [-0.05, 0) is 42.2 Å². The summed E-state index contributed by atoms with van der Waals surface area (Å²) in [6.45, 7) is 0.719. The maximum Gasteiger partial charge on any atom is 0.339 e. The topological polar surface area (TPSA) is 105 Å². The number of urea groups is 1. The van der Waals surface area contributed by atoms with Gasteiger partial charge in [0, 0.05) is 25.1 Å². The second kappa shape index (κ2) is 7.23. The lowest BCUT2D eigenvalue weighted by Gasteiger charge is -2.37. The monoisotopic (exact) mass is 419 g/mol. The first-order valence-electron chi connectivity index (χ1n) is 10.3. The first-order chi connectivity index (χ1) is 14.9. The van der Waals surface area contributed by atoms with Gasteiger partial charge in [0.1, 0.15) is 11.6 Å². The number of nitrogens with zero attached hydrogens (tertiary/aromatic N) is 1. The largest absolute Gasteiger partial charge is 0.454 e. The number of cyclic esters (lactones) is 1. The van der Waals surface area contributed by atoms with Crippen molar-refractivity contribution in [3.8, 4) is 0 Å². The van der Waals surface area contributed by atoms with Crippen LogP contribution >= 0.6 is 0 Å². The SMILES string of the molecule is O=C1NC(=O)C2(CCN(C(=O)c3ccc4c(c3)CC(c3ccccc3)OC4=O)CC2)N1. The molecule has 8 nitrogen and oxygen atoms in total. The smallest absolute Gasteiger partial charge is 0.339 e.